The van der Waals surface area contributed by atoms with E-state index in [1.165, 1.54) is 5.54 Å². The molecule has 13 heavy (non-hydrogen) atoms. The molecule has 76 valence electrons. The number of nitrogens with one attached hydrogen (secondary N) is 1. The molecule has 0 aliphatic heterocycles. The van der Waals surface area contributed by atoms with Crippen LogP contribution in [0.25, 0.3) is 0 Å². The van der Waals surface area contributed by atoms with Crippen molar-refractivity contribution in [2.45, 2.75) is 25.8 Å². The Labute approximate surface area is 87.7 Å². The van der Waals surface area contributed by atoms with Crippen LogP contribution in [0.3, 0.4) is 0 Å². The molecule has 1 atom stereocenters. The Morgan fingerprint density at radius 2 is 2.23 bits per heavy atom. The molecule has 5 heteroatoms. The van der Waals surface area contributed by atoms with Gasteiger partial charge in [0.2, 0.25) is 0 Å². The Hall–Kier alpha value is -0.250. The van der Waals surface area contributed by atoms with Crippen molar-refractivity contribution >= 4 is 29.2 Å². The van der Waals surface area contributed by atoms with Crippen LogP contribution in [0, 0.1) is 0 Å². The first kappa shape index (κ1) is 12.8. The fraction of sp³-hybridized carbons (Fsp3) is 0.625. The van der Waals surface area contributed by atoms with Crippen LogP contribution in [0.1, 0.15) is 20.3 Å². The van der Waals surface area contributed by atoms with Gasteiger partial charge in [-0.05, 0) is 13.3 Å². The molecule has 0 amide bonds. The number of carboxylic acids is 1. The summed E-state index contributed by atoms with van der Waals surface area (Å²) in [5.74, 6) is -0.894. The Balaban J connectivity index is 4.22. The first-order valence-corrected chi connectivity index (χ1v) is 4.71. The lowest BCUT2D eigenvalue weighted by atomic mass is 9.99. The lowest BCUT2D eigenvalue weighted by molar-refractivity contribution is -0.144. The Morgan fingerprint density at radius 1 is 1.69 bits per heavy atom. The SMILES string of the molecule is CCC(C)(NCC(Cl)=CCl)C(=O)O. The van der Waals surface area contributed by atoms with Gasteiger partial charge in [-0.15, -0.1) is 0 Å². The number of hydrogen-bond acceptors (Lipinski definition) is 2. The summed E-state index contributed by atoms with van der Waals surface area (Å²) in [7, 11) is 0. The largest absolute Gasteiger partial charge is 0.480 e. The standard InChI is InChI=1S/C8H13Cl2NO2/c1-3-8(2,7(12)13)11-5-6(10)4-9/h4,11H,3,5H2,1-2H3,(H,12,13). The average Bonchev–Trinajstić information content (AvgIpc) is 2.13. The molecule has 1 unspecified atom stereocenters. The first-order chi connectivity index (χ1) is 5.96. The van der Waals surface area contributed by atoms with Crippen LogP contribution in [0.5, 0.6) is 0 Å². The molecule has 0 saturated heterocycles. The number of rotatable bonds is 5. The molecule has 0 aliphatic rings. The van der Waals surface area contributed by atoms with Gasteiger partial charge >= 0.3 is 5.97 Å². The Morgan fingerprint density at radius 3 is 2.54 bits per heavy atom. The molecule has 0 heterocycles. The third-order valence-corrected chi connectivity index (χ3v) is 2.56. The lowest BCUT2D eigenvalue weighted by Crippen LogP contribution is -2.49. The number of halogens is 2. The normalized spacial score (nSPS) is 16.8. The molecule has 0 bridgehead atoms. The summed E-state index contributed by atoms with van der Waals surface area (Å²) in [6.45, 7) is 3.66. The molecule has 0 aliphatic carbocycles. The van der Waals surface area contributed by atoms with Crippen LogP contribution in [0.2, 0.25) is 0 Å². The summed E-state index contributed by atoms with van der Waals surface area (Å²) < 4.78 is 0. The number of hydrogen-bond donors (Lipinski definition) is 2. The van der Waals surface area contributed by atoms with E-state index >= 15 is 0 Å². The molecule has 0 rings (SSSR count). The van der Waals surface area contributed by atoms with Crippen molar-refractivity contribution in [1.82, 2.24) is 5.32 Å². The Bertz CT molecular complexity index is 218. The molecule has 2 N–H and O–H groups in total. The van der Waals surface area contributed by atoms with Crippen molar-refractivity contribution in [3.05, 3.63) is 10.6 Å². The summed E-state index contributed by atoms with van der Waals surface area (Å²) in [6, 6.07) is 0. The van der Waals surface area contributed by atoms with Crippen LogP contribution < -0.4 is 5.32 Å². The minimum absolute atomic E-state index is 0.266. The minimum Gasteiger partial charge on any atom is -0.480 e. The second-order valence-corrected chi connectivity index (χ2v) is 3.60. The van der Waals surface area contributed by atoms with Crippen LogP contribution in [0.15, 0.2) is 10.6 Å². The van der Waals surface area contributed by atoms with Gasteiger partial charge in [-0.3, -0.25) is 10.1 Å². The maximum Gasteiger partial charge on any atom is 0.323 e. The summed E-state index contributed by atoms with van der Waals surface area (Å²) >= 11 is 10.9. The molecule has 0 spiro atoms. The average molecular weight is 226 g/mol. The lowest BCUT2D eigenvalue weighted by Gasteiger charge is -2.24. The molecular weight excluding hydrogens is 213 g/mol. The van der Waals surface area contributed by atoms with E-state index in [-0.39, 0.29) is 6.54 Å². The highest BCUT2D eigenvalue weighted by Gasteiger charge is 2.30. The first-order valence-electron chi connectivity index (χ1n) is 3.89. The van der Waals surface area contributed by atoms with E-state index in [0.717, 1.165) is 0 Å². The predicted molar refractivity (Wildman–Crippen MR) is 54.1 cm³/mol. The zero-order valence-corrected chi connectivity index (χ0v) is 9.11. The monoisotopic (exact) mass is 225 g/mol. The Kier molecular flexibility index (Phi) is 5.37. The van der Waals surface area contributed by atoms with E-state index in [2.05, 4.69) is 5.32 Å². The van der Waals surface area contributed by atoms with E-state index in [1.54, 1.807) is 13.8 Å². The minimum atomic E-state index is -0.944. The fourth-order valence-electron chi connectivity index (χ4n) is 0.670. The molecule has 0 radical (unpaired) electrons. The molecule has 0 aromatic rings. The topological polar surface area (TPSA) is 49.3 Å². The zero-order valence-electron chi connectivity index (χ0n) is 7.60. The van der Waals surface area contributed by atoms with E-state index in [1.807, 2.05) is 0 Å². The number of carbonyl (C=O) groups is 1. The second-order valence-electron chi connectivity index (χ2n) is 2.90. The highest BCUT2D eigenvalue weighted by molar-refractivity contribution is 6.36. The third-order valence-electron chi connectivity index (χ3n) is 1.94. The molecular formula is C8H13Cl2NO2. The van der Waals surface area contributed by atoms with Crippen molar-refractivity contribution in [2.24, 2.45) is 0 Å². The van der Waals surface area contributed by atoms with Crippen LogP contribution in [0.4, 0.5) is 0 Å². The van der Waals surface area contributed by atoms with Gasteiger partial charge in [0.15, 0.2) is 0 Å². The van der Waals surface area contributed by atoms with Gasteiger partial charge in [0.1, 0.15) is 5.54 Å². The van der Waals surface area contributed by atoms with Gasteiger partial charge in [0.05, 0.1) is 0 Å². The zero-order chi connectivity index (χ0) is 10.5. The summed E-state index contributed by atoms with van der Waals surface area (Å²) in [6.07, 6.45) is 0.481. The van der Waals surface area contributed by atoms with Crippen LogP contribution >= 0.6 is 23.2 Å². The highest BCUT2D eigenvalue weighted by Crippen LogP contribution is 2.11. The molecule has 0 saturated carbocycles. The van der Waals surface area contributed by atoms with E-state index in [9.17, 15) is 4.79 Å². The second kappa shape index (κ2) is 5.47. The number of aliphatic carboxylic acids is 1. The molecule has 3 nitrogen and oxygen atoms in total. The van der Waals surface area contributed by atoms with Gasteiger partial charge < -0.3 is 5.11 Å². The van der Waals surface area contributed by atoms with Crippen molar-refractivity contribution in [3.63, 3.8) is 0 Å². The van der Waals surface area contributed by atoms with Gasteiger partial charge in [0.25, 0.3) is 0 Å². The maximum atomic E-state index is 10.8. The summed E-state index contributed by atoms with van der Waals surface area (Å²) in [4.78, 5) is 10.8. The quantitative estimate of drug-likeness (QED) is 0.755. The van der Waals surface area contributed by atoms with Gasteiger partial charge in [-0.1, -0.05) is 30.1 Å². The summed E-state index contributed by atoms with van der Waals surface area (Å²) in [5, 5.41) is 12.1. The molecule has 0 aromatic heterocycles. The van der Waals surface area contributed by atoms with Gasteiger partial charge in [-0.25, -0.2) is 0 Å². The predicted octanol–water partition coefficient (Wildman–Crippen LogP) is 2.15. The maximum absolute atomic E-state index is 10.8. The van der Waals surface area contributed by atoms with Crippen molar-refractivity contribution in [1.29, 1.82) is 0 Å². The van der Waals surface area contributed by atoms with Gasteiger partial charge in [-0.2, -0.15) is 0 Å². The number of carboxylic acid groups (broad SMARTS) is 1. The van der Waals surface area contributed by atoms with Gasteiger partial charge in [0, 0.05) is 17.1 Å². The highest BCUT2D eigenvalue weighted by atomic mass is 35.5. The molecule has 0 fully saturated rings. The smallest absolute Gasteiger partial charge is 0.323 e. The third kappa shape index (κ3) is 3.98. The van der Waals surface area contributed by atoms with Crippen LogP contribution in [-0.2, 0) is 4.79 Å². The molecule has 0 aromatic carbocycles. The van der Waals surface area contributed by atoms with E-state index in [4.69, 9.17) is 28.3 Å². The van der Waals surface area contributed by atoms with Crippen molar-refractivity contribution in [2.75, 3.05) is 6.54 Å². The van der Waals surface area contributed by atoms with Crippen molar-refractivity contribution < 1.29 is 9.90 Å². The summed E-state index contributed by atoms with van der Waals surface area (Å²) in [5.41, 5.74) is 0.270. The van der Waals surface area contributed by atoms with Crippen LogP contribution in [-0.4, -0.2) is 23.2 Å². The van der Waals surface area contributed by atoms with E-state index in [0.29, 0.717) is 11.5 Å². The fourth-order valence-corrected chi connectivity index (χ4v) is 0.814. The van der Waals surface area contributed by atoms with Crippen molar-refractivity contribution in [3.8, 4) is 0 Å². The van der Waals surface area contributed by atoms with E-state index < -0.39 is 11.5 Å².